The van der Waals surface area contributed by atoms with Crippen LogP contribution in [-0.4, -0.2) is 25.4 Å². The zero-order valence-electron chi connectivity index (χ0n) is 13.1. The van der Waals surface area contributed by atoms with Gasteiger partial charge in [0, 0.05) is 37.1 Å². The van der Waals surface area contributed by atoms with E-state index in [1.54, 1.807) is 6.20 Å². The van der Waals surface area contributed by atoms with Crippen LogP contribution in [0.2, 0.25) is 0 Å². The Balaban J connectivity index is 1.66. The number of aryl methyl sites for hydroxylation is 2. The molecule has 1 N–H and O–H groups in total. The first kappa shape index (κ1) is 14.6. The van der Waals surface area contributed by atoms with E-state index in [0.29, 0.717) is 0 Å². The molecule has 0 spiro atoms. The topological polar surface area (TPSA) is 72.7 Å². The van der Waals surface area contributed by atoms with E-state index in [-0.39, 0.29) is 11.6 Å². The van der Waals surface area contributed by atoms with Crippen molar-refractivity contribution in [2.75, 3.05) is 5.32 Å². The van der Waals surface area contributed by atoms with Crippen molar-refractivity contribution in [3.63, 3.8) is 0 Å². The highest BCUT2D eigenvalue weighted by Crippen LogP contribution is 2.29. The Kier molecular flexibility index (Phi) is 3.78. The number of aromatic nitrogens is 4. The summed E-state index contributed by atoms with van der Waals surface area (Å²) in [5.41, 5.74) is 2.82. The fourth-order valence-electron chi connectivity index (χ4n) is 2.96. The Morgan fingerprint density at radius 1 is 1.17 bits per heavy atom. The highest BCUT2D eigenvalue weighted by Gasteiger charge is 2.16. The Morgan fingerprint density at radius 2 is 2.08 bits per heavy atom. The second-order valence-corrected chi connectivity index (χ2v) is 5.78. The molecule has 0 unspecified atom stereocenters. The lowest BCUT2D eigenvalue weighted by Crippen LogP contribution is -2.14. The molecule has 0 saturated heterocycles. The molecule has 1 aliphatic rings. The van der Waals surface area contributed by atoms with Gasteiger partial charge in [0.05, 0.1) is 17.6 Å². The summed E-state index contributed by atoms with van der Waals surface area (Å²) in [5, 5.41) is 2.91. The molecule has 6 heteroatoms. The van der Waals surface area contributed by atoms with Gasteiger partial charge in [-0.1, -0.05) is 18.2 Å². The van der Waals surface area contributed by atoms with Crippen LogP contribution < -0.4 is 5.32 Å². The van der Waals surface area contributed by atoms with E-state index in [1.807, 2.05) is 24.3 Å². The number of nitrogens with one attached hydrogen (secondary N) is 1. The molecule has 2 aromatic heterocycles. The molecular weight excluding hydrogens is 302 g/mol. The van der Waals surface area contributed by atoms with Gasteiger partial charge < -0.3 is 9.88 Å². The first-order valence-electron chi connectivity index (χ1n) is 8.04. The average Bonchev–Trinajstić information content (AvgIpc) is 3.07. The van der Waals surface area contributed by atoms with Gasteiger partial charge in [0.25, 0.3) is 5.91 Å². The predicted molar refractivity (Wildman–Crippen MR) is 90.6 cm³/mol. The van der Waals surface area contributed by atoms with Crippen LogP contribution in [0.5, 0.6) is 0 Å². The molecule has 0 saturated carbocycles. The lowest BCUT2D eigenvalue weighted by molar-refractivity contribution is 0.102. The van der Waals surface area contributed by atoms with Gasteiger partial charge in [0.2, 0.25) is 0 Å². The van der Waals surface area contributed by atoms with Crippen molar-refractivity contribution in [2.24, 2.45) is 0 Å². The van der Waals surface area contributed by atoms with Crippen LogP contribution in [0.25, 0.3) is 11.3 Å². The number of carbonyl (C=O) groups is 1. The first-order chi connectivity index (χ1) is 11.8. The summed E-state index contributed by atoms with van der Waals surface area (Å²) in [6, 6.07) is 7.69. The van der Waals surface area contributed by atoms with Crippen molar-refractivity contribution in [1.82, 2.24) is 19.5 Å². The van der Waals surface area contributed by atoms with E-state index in [2.05, 4.69) is 26.0 Å². The highest BCUT2D eigenvalue weighted by molar-refractivity contribution is 6.04. The summed E-state index contributed by atoms with van der Waals surface area (Å²) < 4.78 is 2.21. The third-order valence-electron chi connectivity index (χ3n) is 4.16. The van der Waals surface area contributed by atoms with E-state index in [1.165, 1.54) is 25.2 Å². The Morgan fingerprint density at radius 3 is 2.92 bits per heavy atom. The lowest BCUT2D eigenvalue weighted by Gasteiger charge is -2.11. The minimum absolute atomic E-state index is 0.278. The average molecular weight is 319 g/mol. The van der Waals surface area contributed by atoms with Gasteiger partial charge in [0.15, 0.2) is 0 Å². The molecule has 1 aromatic carbocycles. The number of hydrogen-bond acceptors (Lipinski definition) is 4. The van der Waals surface area contributed by atoms with Crippen LogP contribution in [0.3, 0.4) is 0 Å². The smallest absolute Gasteiger partial charge is 0.275 e. The number of imidazole rings is 1. The molecule has 1 amide bonds. The number of rotatable bonds is 3. The summed E-state index contributed by atoms with van der Waals surface area (Å²) in [4.78, 5) is 25.1. The first-order valence-corrected chi connectivity index (χ1v) is 8.04. The lowest BCUT2D eigenvalue weighted by atomic mass is 10.1. The van der Waals surface area contributed by atoms with Crippen LogP contribution in [0.15, 0.2) is 49.1 Å². The van der Waals surface area contributed by atoms with Crippen molar-refractivity contribution >= 4 is 11.6 Å². The van der Waals surface area contributed by atoms with Gasteiger partial charge in [-0.15, -0.1) is 0 Å². The maximum Gasteiger partial charge on any atom is 0.275 e. The SMILES string of the molecule is O=C(Nc1ccccc1-c1cn2c(n1)CCCC2)c1cnccn1. The number of carbonyl (C=O) groups excluding carboxylic acids is 1. The van der Waals surface area contributed by atoms with E-state index >= 15 is 0 Å². The molecule has 4 rings (SSSR count). The van der Waals surface area contributed by atoms with Crippen LogP contribution >= 0.6 is 0 Å². The van der Waals surface area contributed by atoms with Crippen LogP contribution in [0, 0.1) is 0 Å². The summed E-state index contributed by atoms with van der Waals surface area (Å²) in [5.74, 6) is 0.839. The number of benzene rings is 1. The molecule has 0 atom stereocenters. The molecule has 120 valence electrons. The van der Waals surface area contributed by atoms with Gasteiger partial charge in [-0.25, -0.2) is 9.97 Å². The summed E-state index contributed by atoms with van der Waals surface area (Å²) in [6.45, 7) is 1.01. The summed E-state index contributed by atoms with van der Waals surface area (Å²) in [7, 11) is 0. The largest absolute Gasteiger partial charge is 0.334 e. The summed E-state index contributed by atoms with van der Waals surface area (Å²) in [6.07, 6.45) is 9.95. The van der Waals surface area contributed by atoms with E-state index < -0.39 is 0 Å². The van der Waals surface area contributed by atoms with Crippen molar-refractivity contribution in [3.8, 4) is 11.3 Å². The zero-order valence-corrected chi connectivity index (χ0v) is 13.1. The van der Waals surface area contributed by atoms with Crippen molar-refractivity contribution in [3.05, 3.63) is 60.6 Å². The molecule has 3 heterocycles. The number of para-hydroxylation sites is 1. The molecule has 3 aromatic rings. The molecule has 6 nitrogen and oxygen atoms in total. The molecule has 0 fully saturated rings. The van der Waals surface area contributed by atoms with Crippen molar-refractivity contribution < 1.29 is 4.79 Å². The molecule has 0 radical (unpaired) electrons. The Bertz CT molecular complexity index is 849. The number of fused-ring (bicyclic) bond motifs is 1. The van der Waals surface area contributed by atoms with Crippen molar-refractivity contribution in [2.45, 2.75) is 25.8 Å². The molecule has 0 bridgehead atoms. The molecule has 0 aliphatic carbocycles. The third-order valence-corrected chi connectivity index (χ3v) is 4.16. The van der Waals surface area contributed by atoms with Gasteiger partial charge in [0.1, 0.15) is 11.5 Å². The van der Waals surface area contributed by atoms with Crippen LogP contribution in [0.1, 0.15) is 29.2 Å². The van der Waals surface area contributed by atoms with E-state index in [0.717, 1.165) is 35.7 Å². The molecule has 1 aliphatic heterocycles. The van der Waals surface area contributed by atoms with E-state index in [4.69, 9.17) is 4.98 Å². The molecule has 24 heavy (non-hydrogen) atoms. The number of anilines is 1. The van der Waals surface area contributed by atoms with Gasteiger partial charge in [-0.05, 0) is 18.9 Å². The second kappa shape index (κ2) is 6.23. The van der Waals surface area contributed by atoms with Crippen molar-refractivity contribution in [1.29, 1.82) is 0 Å². The third kappa shape index (κ3) is 2.78. The van der Waals surface area contributed by atoms with Crippen LogP contribution in [0.4, 0.5) is 5.69 Å². The standard InChI is InChI=1S/C18H17N5O/c24-18(15-11-19-8-9-20-15)22-14-6-2-1-5-13(14)16-12-23-10-4-3-7-17(23)21-16/h1-2,5-6,8-9,11-12H,3-4,7,10H2,(H,22,24). The Labute approximate surface area is 139 Å². The number of nitrogens with zero attached hydrogens (tertiary/aromatic N) is 4. The maximum atomic E-state index is 12.4. The monoisotopic (exact) mass is 319 g/mol. The van der Waals surface area contributed by atoms with Crippen LogP contribution in [-0.2, 0) is 13.0 Å². The minimum Gasteiger partial charge on any atom is -0.334 e. The number of hydrogen-bond donors (Lipinski definition) is 1. The highest BCUT2D eigenvalue weighted by atomic mass is 16.1. The fourth-order valence-corrected chi connectivity index (χ4v) is 2.96. The zero-order chi connectivity index (χ0) is 16.4. The maximum absolute atomic E-state index is 12.4. The minimum atomic E-state index is -0.278. The summed E-state index contributed by atoms with van der Waals surface area (Å²) >= 11 is 0. The second-order valence-electron chi connectivity index (χ2n) is 5.78. The normalized spacial score (nSPS) is 13.3. The molecular formula is C18H17N5O. The van der Waals surface area contributed by atoms with Gasteiger partial charge in [-0.2, -0.15) is 0 Å². The van der Waals surface area contributed by atoms with Gasteiger partial charge >= 0.3 is 0 Å². The Hall–Kier alpha value is -3.02. The van der Waals surface area contributed by atoms with Gasteiger partial charge in [-0.3, -0.25) is 9.78 Å². The van der Waals surface area contributed by atoms with E-state index in [9.17, 15) is 4.79 Å². The number of amides is 1. The predicted octanol–water partition coefficient (Wildman–Crippen LogP) is 2.93. The fraction of sp³-hybridized carbons (Fsp3) is 0.222. The quantitative estimate of drug-likeness (QED) is 0.805.